The fraction of sp³-hybridized carbons (Fsp3) is 0.938. The number of carbonyl (C=O) groups excluding carboxylic acids is 1. The van der Waals surface area contributed by atoms with Crippen LogP contribution in [0.25, 0.3) is 0 Å². The van der Waals surface area contributed by atoms with E-state index in [0.29, 0.717) is 12.6 Å². The van der Waals surface area contributed by atoms with E-state index in [9.17, 15) is 4.79 Å². The average molecular weight is 268 g/mol. The predicted molar refractivity (Wildman–Crippen MR) is 81.2 cm³/mol. The van der Waals surface area contributed by atoms with Crippen molar-refractivity contribution in [1.82, 2.24) is 10.2 Å². The van der Waals surface area contributed by atoms with Crippen molar-refractivity contribution in [3.63, 3.8) is 0 Å². The number of nitrogens with one attached hydrogen (secondary N) is 1. The molecule has 0 bridgehead atoms. The van der Waals surface area contributed by atoms with E-state index in [1.165, 1.54) is 44.9 Å². The van der Waals surface area contributed by atoms with Crippen molar-refractivity contribution in [3.8, 4) is 0 Å². The molecule has 112 valence electrons. The molecule has 1 atom stereocenters. The summed E-state index contributed by atoms with van der Waals surface area (Å²) in [5.74, 6) is 1.07. The Labute approximate surface area is 119 Å². The summed E-state index contributed by atoms with van der Waals surface area (Å²) < 4.78 is 0. The lowest BCUT2D eigenvalue weighted by atomic mass is 10.0. The first-order valence-corrected chi connectivity index (χ1v) is 8.10. The van der Waals surface area contributed by atoms with Gasteiger partial charge in [0, 0.05) is 19.1 Å². The standard InChI is InChI=1S/C16H32N2O/c1-14(2)9-8-10-15(3)17-13-16(19)18-11-6-4-5-7-12-18/h14-15,17H,4-13H2,1-3H3. The van der Waals surface area contributed by atoms with Crippen LogP contribution in [0.3, 0.4) is 0 Å². The predicted octanol–water partition coefficient (Wildman–Crippen LogP) is 3.19. The van der Waals surface area contributed by atoms with Crippen LogP contribution in [-0.2, 0) is 4.79 Å². The van der Waals surface area contributed by atoms with E-state index in [2.05, 4.69) is 26.1 Å². The Hall–Kier alpha value is -0.570. The molecule has 0 radical (unpaired) electrons. The lowest BCUT2D eigenvalue weighted by Gasteiger charge is -2.22. The van der Waals surface area contributed by atoms with Crippen molar-refractivity contribution >= 4 is 5.91 Å². The number of amides is 1. The highest BCUT2D eigenvalue weighted by atomic mass is 16.2. The molecular weight excluding hydrogens is 236 g/mol. The van der Waals surface area contributed by atoms with Gasteiger partial charge in [-0.3, -0.25) is 4.79 Å². The average Bonchev–Trinajstić information content (AvgIpc) is 2.64. The van der Waals surface area contributed by atoms with Crippen LogP contribution in [0.1, 0.15) is 65.7 Å². The Bertz CT molecular complexity index is 245. The molecule has 1 rings (SSSR count). The summed E-state index contributed by atoms with van der Waals surface area (Å²) in [6.07, 6.45) is 8.62. The molecule has 1 amide bonds. The maximum Gasteiger partial charge on any atom is 0.236 e. The molecule has 1 aliphatic heterocycles. The molecule has 1 N–H and O–H groups in total. The maximum atomic E-state index is 12.1. The highest BCUT2D eigenvalue weighted by molar-refractivity contribution is 5.78. The third kappa shape index (κ3) is 7.56. The molecule has 19 heavy (non-hydrogen) atoms. The molecule has 0 aromatic carbocycles. The van der Waals surface area contributed by atoms with Gasteiger partial charge in [0.2, 0.25) is 5.91 Å². The molecule has 0 saturated carbocycles. The number of hydrogen-bond acceptors (Lipinski definition) is 2. The van der Waals surface area contributed by atoms with Gasteiger partial charge in [0.15, 0.2) is 0 Å². The summed E-state index contributed by atoms with van der Waals surface area (Å²) in [7, 11) is 0. The minimum Gasteiger partial charge on any atom is -0.342 e. The summed E-state index contributed by atoms with van der Waals surface area (Å²) in [4.78, 5) is 14.1. The minimum atomic E-state index is 0.289. The van der Waals surface area contributed by atoms with Gasteiger partial charge in [-0.05, 0) is 32.1 Å². The second-order valence-electron chi connectivity index (χ2n) is 6.40. The van der Waals surface area contributed by atoms with E-state index < -0.39 is 0 Å². The highest BCUT2D eigenvalue weighted by Gasteiger charge is 2.15. The number of likely N-dealkylation sites (tertiary alicyclic amines) is 1. The molecule has 3 heteroatoms. The van der Waals surface area contributed by atoms with Crippen molar-refractivity contribution in [3.05, 3.63) is 0 Å². The van der Waals surface area contributed by atoms with Gasteiger partial charge in [-0.25, -0.2) is 0 Å². The van der Waals surface area contributed by atoms with Crippen molar-refractivity contribution in [2.24, 2.45) is 5.92 Å². The lowest BCUT2D eigenvalue weighted by molar-refractivity contribution is -0.130. The third-order valence-electron chi connectivity index (χ3n) is 3.98. The van der Waals surface area contributed by atoms with Gasteiger partial charge in [0.25, 0.3) is 0 Å². The van der Waals surface area contributed by atoms with E-state index in [1.807, 2.05) is 4.90 Å². The van der Waals surface area contributed by atoms with Crippen molar-refractivity contribution in [2.45, 2.75) is 71.8 Å². The molecule has 1 unspecified atom stereocenters. The van der Waals surface area contributed by atoms with E-state index >= 15 is 0 Å². The van der Waals surface area contributed by atoms with Crippen LogP contribution in [0, 0.1) is 5.92 Å². The topological polar surface area (TPSA) is 32.3 Å². The Morgan fingerprint density at radius 1 is 1.05 bits per heavy atom. The van der Waals surface area contributed by atoms with Crippen LogP contribution in [0.2, 0.25) is 0 Å². The Morgan fingerprint density at radius 3 is 2.26 bits per heavy atom. The third-order valence-corrected chi connectivity index (χ3v) is 3.98. The van der Waals surface area contributed by atoms with Gasteiger partial charge < -0.3 is 10.2 Å². The number of rotatable bonds is 7. The molecule has 1 saturated heterocycles. The fourth-order valence-corrected chi connectivity index (χ4v) is 2.63. The van der Waals surface area contributed by atoms with Gasteiger partial charge in [0.1, 0.15) is 0 Å². The highest BCUT2D eigenvalue weighted by Crippen LogP contribution is 2.10. The second-order valence-corrected chi connectivity index (χ2v) is 6.40. The fourth-order valence-electron chi connectivity index (χ4n) is 2.63. The number of nitrogens with zero attached hydrogens (tertiary/aromatic N) is 1. The zero-order chi connectivity index (χ0) is 14.1. The monoisotopic (exact) mass is 268 g/mol. The van der Waals surface area contributed by atoms with Crippen LogP contribution in [0.15, 0.2) is 0 Å². The maximum absolute atomic E-state index is 12.1. The largest absolute Gasteiger partial charge is 0.342 e. The summed E-state index contributed by atoms with van der Waals surface area (Å²) in [5.41, 5.74) is 0. The second kappa shape index (κ2) is 9.35. The van der Waals surface area contributed by atoms with Crippen molar-refractivity contribution in [1.29, 1.82) is 0 Å². The van der Waals surface area contributed by atoms with Gasteiger partial charge in [-0.2, -0.15) is 0 Å². The van der Waals surface area contributed by atoms with Crippen LogP contribution in [-0.4, -0.2) is 36.5 Å². The van der Waals surface area contributed by atoms with Crippen LogP contribution in [0.4, 0.5) is 0 Å². The smallest absolute Gasteiger partial charge is 0.236 e. The normalized spacial score (nSPS) is 18.4. The van der Waals surface area contributed by atoms with Crippen LogP contribution < -0.4 is 5.32 Å². The Morgan fingerprint density at radius 2 is 1.68 bits per heavy atom. The molecular formula is C16H32N2O. The quantitative estimate of drug-likeness (QED) is 0.769. The summed E-state index contributed by atoms with van der Waals surface area (Å²) in [5, 5.41) is 3.38. The first-order valence-electron chi connectivity index (χ1n) is 8.10. The summed E-state index contributed by atoms with van der Waals surface area (Å²) in [6.45, 7) is 9.16. The lowest BCUT2D eigenvalue weighted by Crippen LogP contribution is -2.41. The van der Waals surface area contributed by atoms with E-state index in [1.54, 1.807) is 0 Å². The SMILES string of the molecule is CC(C)CCCC(C)NCC(=O)N1CCCCCC1. The van der Waals surface area contributed by atoms with Gasteiger partial charge >= 0.3 is 0 Å². The molecule has 1 aliphatic rings. The Kier molecular flexibility index (Phi) is 8.11. The molecule has 1 heterocycles. The summed E-state index contributed by atoms with van der Waals surface area (Å²) in [6, 6.07) is 0.453. The van der Waals surface area contributed by atoms with E-state index in [-0.39, 0.29) is 5.91 Å². The van der Waals surface area contributed by atoms with E-state index in [0.717, 1.165) is 19.0 Å². The first-order chi connectivity index (χ1) is 9.09. The van der Waals surface area contributed by atoms with Crippen LogP contribution in [0.5, 0.6) is 0 Å². The van der Waals surface area contributed by atoms with Crippen molar-refractivity contribution in [2.75, 3.05) is 19.6 Å². The molecule has 0 spiro atoms. The molecule has 0 aromatic rings. The van der Waals surface area contributed by atoms with Crippen LogP contribution >= 0.6 is 0 Å². The van der Waals surface area contributed by atoms with Gasteiger partial charge in [0.05, 0.1) is 6.54 Å². The number of carbonyl (C=O) groups is 1. The zero-order valence-electron chi connectivity index (χ0n) is 13.1. The Balaban J connectivity index is 2.14. The minimum absolute atomic E-state index is 0.289. The van der Waals surface area contributed by atoms with Gasteiger partial charge in [-0.15, -0.1) is 0 Å². The molecule has 1 fully saturated rings. The molecule has 3 nitrogen and oxygen atoms in total. The molecule has 0 aliphatic carbocycles. The first kappa shape index (κ1) is 16.5. The van der Waals surface area contributed by atoms with E-state index in [4.69, 9.17) is 0 Å². The van der Waals surface area contributed by atoms with Gasteiger partial charge in [-0.1, -0.05) is 39.5 Å². The summed E-state index contributed by atoms with van der Waals surface area (Å²) >= 11 is 0. The number of hydrogen-bond donors (Lipinski definition) is 1. The van der Waals surface area contributed by atoms with Crippen molar-refractivity contribution < 1.29 is 4.79 Å². The molecule has 0 aromatic heterocycles. The zero-order valence-corrected chi connectivity index (χ0v) is 13.1.